The summed E-state index contributed by atoms with van der Waals surface area (Å²) in [5.74, 6) is -1.57. The van der Waals surface area contributed by atoms with E-state index < -0.39 is 29.2 Å². The summed E-state index contributed by atoms with van der Waals surface area (Å²) >= 11 is 0. The summed E-state index contributed by atoms with van der Waals surface area (Å²) in [4.78, 5) is 37.8. The van der Waals surface area contributed by atoms with Gasteiger partial charge in [-0.3, -0.25) is 14.4 Å². The second-order valence-corrected chi connectivity index (χ2v) is 5.71. The number of Topliss-reactive ketones (excluding diaryl/α,β-unsaturated/α-hetero) is 1. The zero-order valence-electron chi connectivity index (χ0n) is 12.4. The van der Waals surface area contributed by atoms with Crippen LogP contribution in [0, 0.1) is 6.42 Å². The molecule has 2 aliphatic rings. The van der Waals surface area contributed by atoms with Crippen molar-refractivity contribution in [2.45, 2.75) is 24.5 Å². The van der Waals surface area contributed by atoms with E-state index in [1.54, 1.807) is 12.1 Å². The van der Waals surface area contributed by atoms with Crippen LogP contribution in [0.4, 0.5) is 0 Å². The Labute approximate surface area is 133 Å². The number of carbonyl (C=O) groups excluding carboxylic acids is 3. The molecule has 0 aliphatic carbocycles. The Balaban J connectivity index is 1.75. The number of nitrogens with zero attached hydrogens (tertiary/aromatic N) is 1. The number of phenols is 1. The molecule has 3 N–H and O–H groups in total. The summed E-state index contributed by atoms with van der Waals surface area (Å²) in [7, 11) is 0. The highest BCUT2D eigenvalue weighted by molar-refractivity contribution is 6.15. The van der Waals surface area contributed by atoms with Crippen LogP contribution in [-0.2, 0) is 25.5 Å². The van der Waals surface area contributed by atoms with E-state index in [4.69, 9.17) is 10.5 Å². The fourth-order valence-corrected chi connectivity index (χ4v) is 3.29. The lowest BCUT2D eigenvalue weighted by molar-refractivity contribution is -0.148. The predicted octanol–water partition coefficient (Wildman–Crippen LogP) is -0.437. The normalized spacial score (nSPS) is 26.3. The number of hydrogen-bond acceptors (Lipinski definition) is 5. The van der Waals surface area contributed by atoms with Crippen molar-refractivity contribution < 1.29 is 24.2 Å². The fraction of sp³-hybridized carbons (Fsp3) is 0.375. The van der Waals surface area contributed by atoms with Crippen molar-refractivity contribution in [2.75, 3.05) is 13.2 Å². The van der Waals surface area contributed by atoms with Crippen LogP contribution in [0.5, 0.6) is 5.75 Å². The van der Waals surface area contributed by atoms with Gasteiger partial charge in [0, 0.05) is 6.54 Å². The third kappa shape index (κ3) is 2.37. The Morgan fingerprint density at radius 2 is 2.09 bits per heavy atom. The molecule has 7 heteroatoms. The van der Waals surface area contributed by atoms with Gasteiger partial charge in [0.05, 0.1) is 12.5 Å². The van der Waals surface area contributed by atoms with Crippen molar-refractivity contribution in [3.05, 3.63) is 36.2 Å². The van der Waals surface area contributed by atoms with Gasteiger partial charge < -0.3 is 20.5 Å². The zero-order chi connectivity index (χ0) is 16.6. The number of hydrogen-bond donors (Lipinski definition) is 2. The maximum atomic E-state index is 12.5. The maximum Gasteiger partial charge on any atom is 0.254 e. The summed E-state index contributed by atoms with van der Waals surface area (Å²) in [5, 5.41) is 9.25. The van der Waals surface area contributed by atoms with E-state index >= 15 is 0 Å². The second-order valence-electron chi connectivity index (χ2n) is 5.71. The number of ether oxygens (including phenoxy) is 1. The number of carbonyl (C=O) groups is 3. The first-order valence-corrected chi connectivity index (χ1v) is 7.33. The number of ketones is 1. The molecule has 1 radical (unpaired) electrons. The summed E-state index contributed by atoms with van der Waals surface area (Å²) in [6.07, 6.45) is 1.49. The zero-order valence-corrected chi connectivity index (χ0v) is 12.4. The molecule has 0 saturated carbocycles. The molecule has 0 spiro atoms. The van der Waals surface area contributed by atoms with Gasteiger partial charge in [0.25, 0.3) is 5.91 Å². The molecular weight excluding hydrogens is 300 g/mol. The lowest BCUT2D eigenvalue weighted by Gasteiger charge is -2.32. The van der Waals surface area contributed by atoms with Gasteiger partial charge in [0.15, 0.2) is 5.78 Å². The van der Waals surface area contributed by atoms with Crippen LogP contribution in [-0.4, -0.2) is 52.4 Å². The van der Waals surface area contributed by atoms with Crippen LogP contribution >= 0.6 is 0 Å². The van der Waals surface area contributed by atoms with Crippen LogP contribution in [0.25, 0.3) is 0 Å². The number of primary amides is 1. The minimum atomic E-state index is -1.66. The number of aromatic hydroxyl groups is 1. The van der Waals surface area contributed by atoms with Gasteiger partial charge in [-0.25, -0.2) is 0 Å². The molecule has 23 heavy (non-hydrogen) atoms. The van der Waals surface area contributed by atoms with Gasteiger partial charge in [0.2, 0.25) is 11.4 Å². The molecule has 1 aromatic carbocycles. The van der Waals surface area contributed by atoms with Crippen LogP contribution in [0.1, 0.15) is 12.0 Å². The molecule has 0 aromatic heterocycles. The molecule has 2 fully saturated rings. The number of nitrogens with two attached hydrogens (primary N) is 1. The molecular formula is C16H17N2O5. The van der Waals surface area contributed by atoms with Crippen LogP contribution in [0.15, 0.2) is 24.3 Å². The molecule has 2 amide bonds. The first-order chi connectivity index (χ1) is 11.0. The molecule has 2 unspecified atom stereocenters. The highest BCUT2D eigenvalue weighted by Crippen LogP contribution is 2.37. The van der Waals surface area contributed by atoms with Crippen LogP contribution in [0.3, 0.4) is 0 Å². The van der Waals surface area contributed by atoms with E-state index in [0.717, 1.165) is 5.56 Å². The summed E-state index contributed by atoms with van der Waals surface area (Å²) in [6, 6.07) is 6.44. The average molecular weight is 317 g/mol. The Kier molecular flexibility index (Phi) is 3.81. The number of phenolic OH excluding ortho intramolecular Hbond substituents is 1. The third-order valence-corrected chi connectivity index (χ3v) is 4.44. The van der Waals surface area contributed by atoms with Crippen molar-refractivity contribution in [3.8, 4) is 5.75 Å². The molecule has 7 nitrogen and oxygen atoms in total. The van der Waals surface area contributed by atoms with E-state index in [-0.39, 0.29) is 18.9 Å². The van der Waals surface area contributed by atoms with Crippen LogP contribution in [0.2, 0.25) is 0 Å². The molecule has 2 atom stereocenters. The molecule has 2 heterocycles. The van der Waals surface area contributed by atoms with Crippen molar-refractivity contribution in [2.24, 2.45) is 5.73 Å². The van der Waals surface area contributed by atoms with Gasteiger partial charge >= 0.3 is 0 Å². The molecule has 0 bridgehead atoms. The van der Waals surface area contributed by atoms with Crippen molar-refractivity contribution >= 4 is 17.6 Å². The monoisotopic (exact) mass is 317 g/mol. The fourth-order valence-electron chi connectivity index (χ4n) is 3.29. The van der Waals surface area contributed by atoms with E-state index in [2.05, 4.69) is 0 Å². The highest BCUT2D eigenvalue weighted by atomic mass is 16.5. The Morgan fingerprint density at radius 1 is 1.39 bits per heavy atom. The van der Waals surface area contributed by atoms with Crippen molar-refractivity contribution in [1.29, 1.82) is 0 Å². The summed E-state index contributed by atoms with van der Waals surface area (Å²) in [6.45, 7) is 0.0552. The lowest BCUT2D eigenvalue weighted by atomic mass is 9.89. The number of fused-ring (bicyclic) bond motifs is 1. The predicted molar refractivity (Wildman–Crippen MR) is 79.1 cm³/mol. The van der Waals surface area contributed by atoms with Gasteiger partial charge in [-0.2, -0.15) is 0 Å². The van der Waals surface area contributed by atoms with Crippen molar-refractivity contribution in [3.63, 3.8) is 0 Å². The van der Waals surface area contributed by atoms with E-state index in [9.17, 15) is 19.5 Å². The number of benzene rings is 1. The number of likely N-dealkylation sites (tertiary alicyclic amines) is 1. The first kappa shape index (κ1) is 15.5. The Hall–Kier alpha value is -2.41. The molecule has 121 valence electrons. The number of amides is 2. The van der Waals surface area contributed by atoms with Gasteiger partial charge in [-0.05, 0) is 30.5 Å². The first-order valence-electron chi connectivity index (χ1n) is 7.33. The minimum absolute atomic E-state index is 0.142. The van der Waals surface area contributed by atoms with Crippen molar-refractivity contribution in [1.82, 2.24) is 4.90 Å². The third-order valence-electron chi connectivity index (χ3n) is 4.44. The summed E-state index contributed by atoms with van der Waals surface area (Å²) in [5.41, 5.74) is 4.60. The lowest BCUT2D eigenvalue weighted by Crippen LogP contribution is -2.63. The standard InChI is InChI=1S/C16H17N2O5/c17-15(22)16-12(20)9-23-13(16)7-8-18(16)14(21)6-3-10-1-4-11(19)5-2-10/h1-2,4-6,13,19H,3,7-9H2,(H2,17,22). The molecule has 3 rings (SSSR count). The number of rotatable bonds is 4. The molecule has 2 aliphatic heterocycles. The quantitative estimate of drug-likeness (QED) is 0.732. The smallest absolute Gasteiger partial charge is 0.254 e. The average Bonchev–Trinajstić information content (AvgIpc) is 3.06. The van der Waals surface area contributed by atoms with Gasteiger partial charge in [0.1, 0.15) is 12.4 Å². The minimum Gasteiger partial charge on any atom is -0.508 e. The molecule has 2 saturated heterocycles. The second kappa shape index (κ2) is 5.66. The largest absolute Gasteiger partial charge is 0.508 e. The Bertz CT molecular complexity index is 657. The van der Waals surface area contributed by atoms with E-state index in [1.807, 2.05) is 0 Å². The topological polar surface area (TPSA) is 110 Å². The maximum absolute atomic E-state index is 12.5. The van der Waals surface area contributed by atoms with E-state index in [1.165, 1.54) is 23.5 Å². The highest BCUT2D eigenvalue weighted by Gasteiger charge is 2.64. The Morgan fingerprint density at radius 3 is 2.74 bits per heavy atom. The molecule has 1 aromatic rings. The summed E-state index contributed by atoms with van der Waals surface area (Å²) < 4.78 is 5.32. The van der Waals surface area contributed by atoms with Gasteiger partial charge in [-0.1, -0.05) is 12.1 Å². The van der Waals surface area contributed by atoms with Gasteiger partial charge in [-0.15, -0.1) is 0 Å². The van der Waals surface area contributed by atoms with Crippen LogP contribution < -0.4 is 5.73 Å². The van der Waals surface area contributed by atoms with E-state index in [0.29, 0.717) is 12.8 Å². The SMILES string of the molecule is NC(=O)C12C(=O)COC1CCN2C(=O)[CH]Cc1ccc(O)cc1.